The van der Waals surface area contributed by atoms with E-state index in [1.165, 1.54) is 6.20 Å². The molecule has 1 N–H and O–H groups in total. The normalized spacial score (nSPS) is 10.5. The molecule has 9 heteroatoms. The van der Waals surface area contributed by atoms with E-state index in [-0.39, 0.29) is 22.2 Å². The Balaban J connectivity index is 1.72. The molecule has 0 aliphatic rings. The zero-order valence-corrected chi connectivity index (χ0v) is 15.5. The molecule has 27 heavy (non-hydrogen) atoms. The third kappa shape index (κ3) is 4.27. The summed E-state index contributed by atoms with van der Waals surface area (Å²) in [7, 11) is 0. The van der Waals surface area contributed by atoms with E-state index in [0.29, 0.717) is 16.3 Å². The van der Waals surface area contributed by atoms with Gasteiger partial charge in [-0.05, 0) is 25.1 Å². The first-order chi connectivity index (χ1) is 13.0. The second-order valence-electron chi connectivity index (χ2n) is 5.41. The first-order valence-electron chi connectivity index (χ1n) is 7.76. The average molecular weight is 406 g/mol. The van der Waals surface area contributed by atoms with Crippen LogP contribution in [0.1, 0.15) is 16.1 Å². The Hall–Kier alpha value is -2.90. The first kappa shape index (κ1) is 18.9. The van der Waals surface area contributed by atoms with Gasteiger partial charge in [0, 0.05) is 11.8 Å². The summed E-state index contributed by atoms with van der Waals surface area (Å²) >= 11 is 12.0. The summed E-state index contributed by atoms with van der Waals surface area (Å²) in [5, 5.41) is 6.94. The van der Waals surface area contributed by atoms with E-state index in [2.05, 4.69) is 15.5 Å². The zero-order valence-electron chi connectivity index (χ0n) is 14.0. The SMILES string of the molecule is Cc1onc(-c2ccccc2Cl)c1C(=O)OCC(=O)Nc1cccnc1Cl. The molecule has 0 spiro atoms. The maximum atomic E-state index is 12.5. The van der Waals surface area contributed by atoms with Gasteiger partial charge in [0.05, 0.1) is 10.7 Å². The van der Waals surface area contributed by atoms with Crippen molar-refractivity contribution in [2.45, 2.75) is 6.92 Å². The number of halogens is 2. The number of carbonyl (C=O) groups is 2. The summed E-state index contributed by atoms with van der Waals surface area (Å²) in [6.07, 6.45) is 1.49. The number of carbonyl (C=O) groups excluding carboxylic acids is 2. The molecule has 0 bridgehead atoms. The number of hydrogen-bond donors (Lipinski definition) is 1. The maximum absolute atomic E-state index is 12.5. The minimum atomic E-state index is -0.754. The minimum Gasteiger partial charge on any atom is -0.452 e. The van der Waals surface area contributed by atoms with E-state index in [4.69, 9.17) is 32.5 Å². The van der Waals surface area contributed by atoms with Gasteiger partial charge in [-0.1, -0.05) is 46.6 Å². The number of nitrogens with zero attached hydrogens (tertiary/aromatic N) is 2. The van der Waals surface area contributed by atoms with Crippen LogP contribution >= 0.6 is 23.2 Å². The maximum Gasteiger partial charge on any atom is 0.344 e. The fourth-order valence-corrected chi connectivity index (χ4v) is 2.71. The lowest BCUT2D eigenvalue weighted by molar-refractivity contribution is -0.119. The highest BCUT2D eigenvalue weighted by molar-refractivity contribution is 6.33. The van der Waals surface area contributed by atoms with Gasteiger partial charge in [-0.3, -0.25) is 4.79 Å². The third-order valence-corrected chi connectivity index (χ3v) is 4.19. The van der Waals surface area contributed by atoms with Crippen LogP contribution in [-0.4, -0.2) is 28.6 Å². The molecule has 0 aliphatic carbocycles. The predicted octanol–water partition coefficient (Wildman–Crippen LogP) is 4.15. The van der Waals surface area contributed by atoms with Gasteiger partial charge in [0.25, 0.3) is 5.91 Å². The molecule has 7 nitrogen and oxygen atoms in total. The van der Waals surface area contributed by atoms with Crippen molar-refractivity contribution >= 4 is 40.8 Å². The van der Waals surface area contributed by atoms with Gasteiger partial charge in [0.15, 0.2) is 11.8 Å². The monoisotopic (exact) mass is 405 g/mol. The zero-order chi connectivity index (χ0) is 19.4. The van der Waals surface area contributed by atoms with Crippen molar-refractivity contribution in [3.05, 3.63) is 64.1 Å². The molecule has 3 rings (SSSR count). The molecular weight excluding hydrogens is 393 g/mol. The van der Waals surface area contributed by atoms with Crippen molar-refractivity contribution in [2.24, 2.45) is 0 Å². The van der Waals surface area contributed by atoms with Crippen molar-refractivity contribution in [3.8, 4) is 11.3 Å². The lowest BCUT2D eigenvalue weighted by atomic mass is 10.1. The fourth-order valence-electron chi connectivity index (χ4n) is 2.32. The van der Waals surface area contributed by atoms with Crippen molar-refractivity contribution in [1.29, 1.82) is 0 Å². The highest BCUT2D eigenvalue weighted by Gasteiger charge is 2.25. The van der Waals surface area contributed by atoms with Gasteiger partial charge in [0.2, 0.25) is 0 Å². The highest BCUT2D eigenvalue weighted by Crippen LogP contribution is 2.31. The second-order valence-corrected chi connectivity index (χ2v) is 6.17. The summed E-state index contributed by atoms with van der Waals surface area (Å²) in [4.78, 5) is 28.3. The Morgan fingerprint density at radius 1 is 1.19 bits per heavy atom. The number of benzene rings is 1. The molecule has 0 saturated carbocycles. The quantitative estimate of drug-likeness (QED) is 0.506. The van der Waals surface area contributed by atoms with Crippen molar-refractivity contribution in [3.63, 3.8) is 0 Å². The number of nitrogens with one attached hydrogen (secondary N) is 1. The van der Waals surface area contributed by atoms with E-state index in [9.17, 15) is 9.59 Å². The lowest BCUT2D eigenvalue weighted by Gasteiger charge is -2.08. The molecule has 0 atom stereocenters. The Kier molecular flexibility index (Phi) is 5.73. The lowest BCUT2D eigenvalue weighted by Crippen LogP contribution is -2.21. The topological polar surface area (TPSA) is 94.3 Å². The van der Waals surface area contributed by atoms with Gasteiger partial charge < -0.3 is 14.6 Å². The van der Waals surface area contributed by atoms with Gasteiger partial charge in [-0.15, -0.1) is 0 Å². The van der Waals surface area contributed by atoms with Crippen molar-refractivity contribution < 1.29 is 18.8 Å². The molecule has 0 unspecified atom stereocenters. The smallest absolute Gasteiger partial charge is 0.344 e. The number of anilines is 1. The van der Waals surface area contributed by atoms with Crippen LogP contribution in [0.15, 0.2) is 47.1 Å². The molecule has 1 amide bonds. The van der Waals surface area contributed by atoms with E-state index >= 15 is 0 Å². The summed E-state index contributed by atoms with van der Waals surface area (Å²) < 4.78 is 10.2. The molecule has 138 valence electrons. The Bertz CT molecular complexity index is 1000. The van der Waals surface area contributed by atoms with Crippen LogP contribution in [0.4, 0.5) is 5.69 Å². The molecule has 2 heterocycles. The van der Waals surface area contributed by atoms with Crippen molar-refractivity contribution in [1.82, 2.24) is 10.1 Å². The minimum absolute atomic E-state index is 0.107. The number of hydrogen-bond acceptors (Lipinski definition) is 6. The van der Waals surface area contributed by atoms with Gasteiger partial charge in [-0.25, -0.2) is 9.78 Å². The molecule has 2 aromatic heterocycles. The number of ether oxygens (including phenoxy) is 1. The number of aromatic nitrogens is 2. The molecule has 0 fully saturated rings. The number of pyridine rings is 1. The van der Waals surface area contributed by atoms with Crippen LogP contribution in [0, 0.1) is 6.92 Å². The van der Waals surface area contributed by atoms with Gasteiger partial charge >= 0.3 is 5.97 Å². The van der Waals surface area contributed by atoms with Crippen LogP contribution in [0.25, 0.3) is 11.3 Å². The van der Waals surface area contributed by atoms with E-state index in [1.54, 1.807) is 43.3 Å². The van der Waals surface area contributed by atoms with Gasteiger partial charge in [-0.2, -0.15) is 0 Å². The van der Waals surface area contributed by atoms with Crippen LogP contribution in [-0.2, 0) is 9.53 Å². The molecule has 0 aliphatic heterocycles. The third-order valence-electron chi connectivity index (χ3n) is 3.56. The number of aryl methyl sites for hydroxylation is 1. The van der Waals surface area contributed by atoms with Crippen LogP contribution in [0.3, 0.4) is 0 Å². The predicted molar refractivity (Wildman–Crippen MR) is 99.8 cm³/mol. The molecule has 0 saturated heterocycles. The summed E-state index contributed by atoms with van der Waals surface area (Å²) in [6, 6.07) is 10.1. The van der Waals surface area contributed by atoms with E-state index < -0.39 is 18.5 Å². The second kappa shape index (κ2) is 8.20. The average Bonchev–Trinajstić information content (AvgIpc) is 3.03. The Morgan fingerprint density at radius 2 is 1.96 bits per heavy atom. The Morgan fingerprint density at radius 3 is 2.70 bits per heavy atom. The summed E-state index contributed by atoms with van der Waals surface area (Å²) in [5.74, 6) is -1.06. The molecular formula is C18H13Cl2N3O4. The fraction of sp³-hybridized carbons (Fsp3) is 0.111. The first-order valence-corrected chi connectivity index (χ1v) is 8.51. The molecule has 3 aromatic rings. The largest absolute Gasteiger partial charge is 0.452 e. The summed E-state index contributed by atoms with van der Waals surface area (Å²) in [6.45, 7) is 1.05. The highest BCUT2D eigenvalue weighted by atomic mass is 35.5. The van der Waals surface area contributed by atoms with E-state index in [0.717, 1.165) is 0 Å². The number of rotatable bonds is 5. The number of amides is 1. The number of esters is 1. The Labute approximate surface area is 164 Å². The van der Waals surface area contributed by atoms with Crippen molar-refractivity contribution in [2.75, 3.05) is 11.9 Å². The van der Waals surface area contributed by atoms with Gasteiger partial charge in [0.1, 0.15) is 17.0 Å². The summed E-state index contributed by atoms with van der Waals surface area (Å²) in [5.41, 5.74) is 1.20. The van der Waals surface area contributed by atoms with E-state index in [1.807, 2.05) is 0 Å². The van der Waals surface area contributed by atoms with Crippen LogP contribution in [0.5, 0.6) is 0 Å². The van der Waals surface area contributed by atoms with Crippen LogP contribution in [0.2, 0.25) is 10.2 Å². The standard InChI is InChI=1S/C18H13Cl2N3O4/c1-10-15(16(23-27-10)11-5-2-3-6-12(11)19)18(25)26-9-14(24)22-13-7-4-8-21-17(13)20/h2-8H,9H2,1H3,(H,22,24). The molecule has 1 aromatic carbocycles. The molecule has 0 radical (unpaired) electrons. The van der Waals surface area contributed by atoms with Crippen LogP contribution < -0.4 is 5.32 Å².